The Bertz CT molecular complexity index is 580. The van der Waals surface area contributed by atoms with Gasteiger partial charge >= 0.3 is 0 Å². The maximum absolute atomic E-state index is 12.0. The molecule has 0 N–H and O–H groups in total. The lowest BCUT2D eigenvalue weighted by molar-refractivity contribution is 0.105. The minimum absolute atomic E-state index is 0.0541. The molecule has 0 aromatic carbocycles. The number of hydrogen-bond donors (Lipinski definition) is 0. The molecule has 2 aromatic rings. The molecule has 2 rings (SSSR count). The third-order valence-corrected chi connectivity index (χ3v) is 3.95. The van der Waals surface area contributed by atoms with Gasteiger partial charge in [0, 0.05) is 17.6 Å². The summed E-state index contributed by atoms with van der Waals surface area (Å²) < 4.78 is 1.84. The van der Waals surface area contributed by atoms with Crippen LogP contribution in [0.1, 0.15) is 40.5 Å². The minimum Gasteiger partial charge on any atom is -0.288 e. The summed E-state index contributed by atoms with van der Waals surface area (Å²) in [4.78, 5) is 14.1. The second kappa shape index (κ2) is 6.48. The highest BCUT2D eigenvalue weighted by atomic mass is 32.1. The van der Waals surface area contributed by atoms with Crippen LogP contribution in [-0.4, -0.2) is 15.6 Å². The Morgan fingerprint density at radius 1 is 1.37 bits per heavy atom. The van der Waals surface area contributed by atoms with Gasteiger partial charge in [-0.3, -0.25) is 9.48 Å². The Labute approximate surface area is 117 Å². The van der Waals surface area contributed by atoms with Crippen molar-refractivity contribution in [3.05, 3.63) is 45.9 Å². The second-order valence-corrected chi connectivity index (χ2v) is 5.48. The number of aromatic nitrogens is 2. The maximum Gasteiger partial charge on any atom is 0.195 e. The highest BCUT2D eigenvalue weighted by Gasteiger charge is 2.06. The zero-order valence-corrected chi connectivity index (χ0v) is 12.1. The van der Waals surface area contributed by atoms with E-state index in [0.29, 0.717) is 0 Å². The number of carbonyl (C=O) groups excluding carboxylic acids is 1. The number of ketones is 1. The molecule has 0 fully saturated rings. The fourth-order valence-corrected chi connectivity index (χ4v) is 2.81. The van der Waals surface area contributed by atoms with Crippen molar-refractivity contribution in [1.82, 2.24) is 9.78 Å². The Hall–Kier alpha value is -1.68. The number of nitrogens with zero attached hydrogens (tertiary/aromatic N) is 2. The van der Waals surface area contributed by atoms with Gasteiger partial charge in [-0.2, -0.15) is 5.10 Å². The van der Waals surface area contributed by atoms with Gasteiger partial charge in [-0.1, -0.05) is 13.3 Å². The first-order valence-corrected chi connectivity index (χ1v) is 7.39. The summed E-state index contributed by atoms with van der Waals surface area (Å²) in [7, 11) is 0. The Kier molecular flexibility index (Phi) is 4.68. The first-order chi connectivity index (χ1) is 9.22. The van der Waals surface area contributed by atoms with Crippen LogP contribution in [0.2, 0.25) is 0 Å². The van der Waals surface area contributed by atoms with Crippen molar-refractivity contribution in [2.75, 3.05) is 0 Å². The topological polar surface area (TPSA) is 34.9 Å². The quantitative estimate of drug-likeness (QED) is 0.593. The Morgan fingerprint density at radius 3 is 2.89 bits per heavy atom. The van der Waals surface area contributed by atoms with Crippen LogP contribution in [0.25, 0.3) is 6.08 Å². The zero-order valence-electron chi connectivity index (χ0n) is 11.3. The highest BCUT2D eigenvalue weighted by Crippen LogP contribution is 2.19. The molecule has 0 bridgehead atoms. The van der Waals surface area contributed by atoms with Gasteiger partial charge in [0.2, 0.25) is 0 Å². The van der Waals surface area contributed by atoms with Crippen molar-refractivity contribution in [2.45, 2.75) is 33.2 Å². The molecule has 2 aromatic heterocycles. The van der Waals surface area contributed by atoms with E-state index in [4.69, 9.17) is 0 Å². The average Bonchev–Trinajstić information content (AvgIpc) is 3.05. The van der Waals surface area contributed by atoms with Gasteiger partial charge in [0.25, 0.3) is 0 Å². The van der Waals surface area contributed by atoms with Crippen LogP contribution in [0.15, 0.2) is 30.5 Å². The Balaban J connectivity index is 2.03. The van der Waals surface area contributed by atoms with Crippen LogP contribution in [-0.2, 0) is 13.0 Å². The normalized spacial score (nSPS) is 11.3. The molecule has 0 aliphatic carbocycles. The van der Waals surface area contributed by atoms with Gasteiger partial charge in [0.15, 0.2) is 5.78 Å². The molecule has 0 saturated carbocycles. The molecule has 0 aliphatic heterocycles. The lowest BCUT2D eigenvalue weighted by atomic mass is 10.2. The zero-order chi connectivity index (χ0) is 13.7. The molecular weight excluding hydrogens is 256 g/mol. The minimum atomic E-state index is 0.0541. The van der Waals surface area contributed by atoms with Gasteiger partial charge in [0.05, 0.1) is 10.6 Å². The molecule has 2 heterocycles. The standard InChI is InChI=1S/C15H18N2OS/c1-3-5-13-7-9-15(19-13)14(18)8-6-12-10-11-17(4-2)16-12/h6-11H,3-5H2,1-2H3/b8-6+. The molecule has 0 aliphatic rings. The van der Waals surface area contributed by atoms with Crippen LogP contribution >= 0.6 is 11.3 Å². The molecular formula is C15H18N2OS. The van der Waals surface area contributed by atoms with E-state index in [1.807, 2.05) is 36.0 Å². The van der Waals surface area contributed by atoms with Gasteiger partial charge in [-0.05, 0) is 43.7 Å². The van der Waals surface area contributed by atoms with E-state index < -0.39 is 0 Å². The molecule has 0 unspecified atom stereocenters. The van der Waals surface area contributed by atoms with Crippen LogP contribution in [0.3, 0.4) is 0 Å². The molecule has 4 heteroatoms. The summed E-state index contributed by atoms with van der Waals surface area (Å²) >= 11 is 1.58. The summed E-state index contributed by atoms with van der Waals surface area (Å²) in [5, 5.41) is 4.31. The van der Waals surface area contributed by atoms with E-state index in [2.05, 4.69) is 12.0 Å². The van der Waals surface area contributed by atoms with E-state index in [1.165, 1.54) is 4.88 Å². The third kappa shape index (κ3) is 3.64. The maximum atomic E-state index is 12.0. The van der Waals surface area contributed by atoms with Gasteiger partial charge < -0.3 is 0 Å². The largest absolute Gasteiger partial charge is 0.288 e. The monoisotopic (exact) mass is 274 g/mol. The first kappa shape index (κ1) is 13.7. The van der Waals surface area contributed by atoms with E-state index in [0.717, 1.165) is 30.0 Å². The molecule has 0 atom stereocenters. The first-order valence-electron chi connectivity index (χ1n) is 6.57. The highest BCUT2D eigenvalue weighted by molar-refractivity contribution is 7.14. The fourth-order valence-electron chi connectivity index (χ4n) is 1.78. The molecule has 19 heavy (non-hydrogen) atoms. The van der Waals surface area contributed by atoms with Crippen molar-refractivity contribution >= 4 is 23.2 Å². The lowest BCUT2D eigenvalue weighted by Crippen LogP contribution is -1.94. The van der Waals surface area contributed by atoms with Gasteiger partial charge in [0.1, 0.15) is 0 Å². The number of thiophene rings is 1. The van der Waals surface area contributed by atoms with Crippen LogP contribution in [0, 0.1) is 0 Å². The van der Waals surface area contributed by atoms with Gasteiger partial charge in [-0.15, -0.1) is 11.3 Å². The number of aryl methyl sites for hydroxylation is 2. The van der Waals surface area contributed by atoms with Crippen LogP contribution in [0.5, 0.6) is 0 Å². The van der Waals surface area contributed by atoms with E-state index >= 15 is 0 Å². The Morgan fingerprint density at radius 2 is 2.21 bits per heavy atom. The molecule has 0 radical (unpaired) electrons. The summed E-state index contributed by atoms with van der Waals surface area (Å²) in [6, 6.07) is 5.86. The third-order valence-electron chi connectivity index (χ3n) is 2.79. The number of allylic oxidation sites excluding steroid dienone is 1. The predicted octanol–water partition coefficient (Wildman–Crippen LogP) is 3.81. The van der Waals surface area contributed by atoms with E-state index in [1.54, 1.807) is 23.5 Å². The second-order valence-electron chi connectivity index (χ2n) is 4.31. The smallest absolute Gasteiger partial charge is 0.195 e. The van der Waals surface area contributed by atoms with Crippen LogP contribution < -0.4 is 0 Å². The summed E-state index contributed by atoms with van der Waals surface area (Å²) in [5.74, 6) is 0.0541. The fraction of sp³-hybridized carbons (Fsp3) is 0.333. The molecule has 3 nitrogen and oxygen atoms in total. The number of hydrogen-bond acceptors (Lipinski definition) is 3. The van der Waals surface area contributed by atoms with E-state index in [-0.39, 0.29) is 5.78 Å². The van der Waals surface area contributed by atoms with Crippen molar-refractivity contribution < 1.29 is 4.79 Å². The van der Waals surface area contributed by atoms with Crippen molar-refractivity contribution in [3.8, 4) is 0 Å². The molecule has 0 saturated heterocycles. The SMILES string of the molecule is CCCc1ccc(C(=O)/C=C/c2ccn(CC)n2)s1. The molecule has 0 spiro atoms. The summed E-state index contributed by atoms with van der Waals surface area (Å²) in [6.07, 6.45) is 7.44. The average molecular weight is 274 g/mol. The predicted molar refractivity (Wildman–Crippen MR) is 79.6 cm³/mol. The lowest BCUT2D eigenvalue weighted by Gasteiger charge is -1.91. The number of rotatable bonds is 6. The van der Waals surface area contributed by atoms with Gasteiger partial charge in [-0.25, -0.2) is 0 Å². The van der Waals surface area contributed by atoms with E-state index in [9.17, 15) is 4.79 Å². The van der Waals surface area contributed by atoms with Crippen LogP contribution in [0.4, 0.5) is 0 Å². The van der Waals surface area contributed by atoms with Crippen molar-refractivity contribution in [1.29, 1.82) is 0 Å². The molecule has 100 valence electrons. The van der Waals surface area contributed by atoms with Crippen molar-refractivity contribution in [2.24, 2.45) is 0 Å². The number of carbonyl (C=O) groups is 1. The van der Waals surface area contributed by atoms with Crippen molar-refractivity contribution in [3.63, 3.8) is 0 Å². The molecule has 0 amide bonds. The summed E-state index contributed by atoms with van der Waals surface area (Å²) in [5.41, 5.74) is 0.820. The summed E-state index contributed by atoms with van der Waals surface area (Å²) in [6.45, 7) is 5.02.